The number of nitrogens with zero attached hydrogens (tertiary/aromatic N) is 2. The van der Waals surface area contributed by atoms with Gasteiger partial charge in [-0.3, -0.25) is 14.5 Å². The summed E-state index contributed by atoms with van der Waals surface area (Å²) in [5, 5.41) is 18.9. The van der Waals surface area contributed by atoms with Crippen molar-refractivity contribution in [3.05, 3.63) is 46.5 Å². The van der Waals surface area contributed by atoms with Crippen molar-refractivity contribution < 1.29 is 29.4 Å². The molecule has 0 aromatic heterocycles. The van der Waals surface area contributed by atoms with Gasteiger partial charge in [0.15, 0.2) is 0 Å². The standard InChI is InChI=1S/C20H20N2O6/c1-3-21(4-2)9-10-22-17(23)11-5-7-13(19(25)26)16-14(20(27)28)8-6-12(15(11)16)18(22)24/h5-8H,3-4,9-10H2,1-2H3,(H,25,26)(H,27,28). The molecule has 0 bridgehead atoms. The van der Waals surface area contributed by atoms with E-state index in [1.54, 1.807) is 0 Å². The Labute approximate surface area is 161 Å². The molecule has 0 saturated heterocycles. The van der Waals surface area contributed by atoms with Crippen molar-refractivity contribution in [3.63, 3.8) is 0 Å². The fourth-order valence-electron chi connectivity index (χ4n) is 3.58. The Balaban J connectivity index is 2.18. The molecule has 28 heavy (non-hydrogen) atoms. The zero-order chi connectivity index (χ0) is 20.6. The number of carbonyl (C=O) groups is 4. The number of amides is 2. The van der Waals surface area contributed by atoms with Gasteiger partial charge in [0.1, 0.15) is 0 Å². The highest BCUT2D eigenvalue weighted by Crippen LogP contribution is 2.34. The van der Waals surface area contributed by atoms with Crippen molar-refractivity contribution >= 4 is 34.5 Å². The number of hydrogen-bond acceptors (Lipinski definition) is 5. The Morgan fingerprint density at radius 2 is 1.32 bits per heavy atom. The zero-order valence-corrected chi connectivity index (χ0v) is 15.6. The van der Waals surface area contributed by atoms with Crippen LogP contribution in [0.2, 0.25) is 0 Å². The van der Waals surface area contributed by atoms with E-state index in [4.69, 9.17) is 0 Å². The Hall–Kier alpha value is -3.26. The van der Waals surface area contributed by atoms with Crippen molar-refractivity contribution in [2.45, 2.75) is 13.8 Å². The summed E-state index contributed by atoms with van der Waals surface area (Å²) in [6.45, 7) is 6.25. The van der Waals surface area contributed by atoms with E-state index >= 15 is 0 Å². The number of imide groups is 1. The first-order valence-corrected chi connectivity index (χ1v) is 8.96. The summed E-state index contributed by atoms with van der Waals surface area (Å²) in [5.74, 6) is -3.74. The molecule has 2 N–H and O–H groups in total. The lowest BCUT2D eigenvalue weighted by atomic mass is 9.88. The van der Waals surface area contributed by atoms with E-state index in [-0.39, 0.29) is 39.6 Å². The molecule has 0 aliphatic carbocycles. The summed E-state index contributed by atoms with van der Waals surface area (Å²) in [6.07, 6.45) is 0. The fourth-order valence-corrected chi connectivity index (χ4v) is 3.58. The number of likely N-dealkylation sites (N-methyl/N-ethyl adjacent to an activating group) is 1. The Bertz CT molecular complexity index is 941. The molecule has 8 nitrogen and oxygen atoms in total. The smallest absolute Gasteiger partial charge is 0.336 e. The molecule has 8 heteroatoms. The third-order valence-electron chi connectivity index (χ3n) is 5.11. The molecule has 0 atom stereocenters. The average Bonchev–Trinajstić information content (AvgIpc) is 2.67. The van der Waals surface area contributed by atoms with E-state index in [1.165, 1.54) is 24.3 Å². The van der Waals surface area contributed by atoms with E-state index in [0.717, 1.165) is 18.0 Å². The summed E-state index contributed by atoms with van der Waals surface area (Å²) in [4.78, 5) is 52.3. The van der Waals surface area contributed by atoms with Gasteiger partial charge in [-0.2, -0.15) is 0 Å². The molecule has 0 unspecified atom stereocenters. The van der Waals surface area contributed by atoms with Crippen LogP contribution in [0.4, 0.5) is 0 Å². The fraction of sp³-hybridized carbons (Fsp3) is 0.300. The molecular weight excluding hydrogens is 364 g/mol. The van der Waals surface area contributed by atoms with Crippen LogP contribution in [-0.4, -0.2) is 69.9 Å². The topological polar surface area (TPSA) is 115 Å². The molecule has 1 aliphatic heterocycles. The molecule has 1 heterocycles. The second kappa shape index (κ2) is 7.40. The number of carboxylic acid groups (broad SMARTS) is 2. The van der Waals surface area contributed by atoms with E-state index in [9.17, 15) is 29.4 Å². The Kier molecular flexibility index (Phi) is 5.15. The van der Waals surface area contributed by atoms with Crippen LogP contribution in [0.5, 0.6) is 0 Å². The first-order valence-electron chi connectivity index (χ1n) is 8.96. The maximum Gasteiger partial charge on any atom is 0.336 e. The summed E-state index contributed by atoms with van der Waals surface area (Å²) in [6, 6.07) is 5.12. The van der Waals surface area contributed by atoms with Crippen molar-refractivity contribution in [1.29, 1.82) is 0 Å². The molecular formula is C20H20N2O6. The van der Waals surface area contributed by atoms with Gasteiger partial charge in [0.25, 0.3) is 11.8 Å². The maximum atomic E-state index is 13.0. The van der Waals surface area contributed by atoms with Crippen molar-refractivity contribution in [1.82, 2.24) is 9.80 Å². The highest BCUT2D eigenvalue weighted by Gasteiger charge is 2.35. The van der Waals surface area contributed by atoms with Crippen LogP contribution >= 0.6 is 0 Å². The molecule has 2 aromatic carbocycles. The molecule has 0 saturated carbocycles. The maximum absolute atomic E-state index is 13.0. The number of hydrogen-bond donors (Lipinski definition) is 2. The number of rotatable bonds is 7. The molecule has 0 radical (unpaired) electrons. The van der Waals surface area contributed by atoms with E-state index in [2.05, 4.69) is 4.90 Å². The lowest BCUT2D eigenvalue weighted by Gasteiger charge is -2.29. The van der Waals surface area contributed by atoms with Gasteiger partial charge in [0, 0.05) is 35.0 Å². The van der Waals surface area contributed by atoms with Crippen LogP contribution < -0.4 is 0 Å². The number of carboxylic acids is 2. The third-order valence-corrected chi connectivity index (χ3v) is 5.11. The molecule has 0 spiro atoms. The predicted octanol–water partition coefficient (Wildman–Crippen LogP) is 2.17. The number of benzene rings is 2. The molecule has 146 valence electrons. The van der Waals surface area contributed by atoms with Crippen LogP contribution in [0.15, 0.2) is 24.3 Å². The molecule has 2 aromatic rings. The van der Waals surface area contributed by atoms with E-state index in [1.807, 2.05) is 13.8 Å². The quantitative estimate of drug-likeness (QED) is 0.703. The first kappa shape index (κ1) is 19.5. The summed E-state index contributed by atoms with van der Waals surface area (Å²) < 4.78 is 0. The monoisotopic (exact) mass is 384 g/mol. The van der Waals surface area contributed by atoms with Crippen LogP contribution in [-0.2, 0) is 0 Å². The highest BCUT2D eigenvalue weighted by atomic mass is 16.4. The van der Waals surface area contributed by atoms with Crippen molar-refractivity contribution in [2.24, 2.45) is 0 Å². The van der Waals surface area contributed by atoms with Crippen LogP contribution in [0, 0.1) is 0 Å². The zero-order valence-electron chi connectivity index (χ0n) is 15.6. The van der Waals surface area contributed by atoms with E-state index in [0.29, 0.717) is 6.54 Å². The molecule has 3 rings (SSSR count). The molecule has 0 fully saturated rings. The van der Waals surface area contributed by atoms with Gasteiger partial charge in [0.05, 0.1) is 11.1 Å². The van der Waals surface area contributed by atoms with Crippen LogP contribution in [0.25, 0.3) is 10.8 Å². The van der Waals surface area contributed by atoms with Gasteiger partial charge in [0.2, 0.25) is 0 Å². The number of aromatic carboxylic acids is 2. The average molecular weight is 384 g/mol. The Morgan fingerprint density at radius 1 is 0.857 bits per heavy atom. The first-order chi connectivity index (χ1) is 13.3. The minimum atomic E-state index is -1.32. The summed E-state index contributed by atoms with van der Waals surface area (Å²) in [7, 11) is 0. The van der Waals surface area contributed by atoms with Crippen LogP contribution in [0.3, 0.4) is 0 Å². The lowest BCUT2D eigenvalue weighted by molar-refractivity contribution is 0.0589. The van der Waals surface area contributed by atoms with Crippen LogP contribution in [0.1, 0.15) is 55.3 Å². The van der Waals surface area contributed by atoms with Gasteiger partial charge < -0.3 is 15.1 Å². The number of carbonyl (C=O) groups excluding carboxylic acids is 2. The third kappa shape index (κ3) is 3.01. The van der Waals surface area contributed by atoms with Crippen molar-refractivity contribution in [3.8, 4) is 0 Å². The summed E-state index contributed by atoms with van der Waals surface area (Å²) in [5.41, 5.74) is -0.236. The second-order valence-electron chi connectivity index (χ2n) is 6.47. The van der Waals surface area contributed by atoms with Gasteiger partial charge in [-0.1, -0.05) is 13.8 Å². The Morgan fingerprint density at radius 3 is 1.71 bits per heavy atom. The lowest BCUT2D eigenvalue weighted by Crippen LogP contribution is -2.44. The van der Waals surface area contributed by atoms with Gasteiger partial charge in [-0.15, -0.1) is 0 Å². The van der Waals surface area contributed by atoms with E-state index < -0.39 is 23.8 Å². The minimum absolute atomic E-state index is 0.0916. The highest BCUT2D eigenvalue weighted by molar-refractivity contribution is 6.29. The SMILES string of the molecule is CCN(CC)CCN1C(=O)c2ccc(C(=O)O)c3c(C(=O)O)ccc(c23)C1=O. The largest absolute Gasteiger partial charge is 0.478 e. The summed E-state index contributed by atoms with van der Waals surface area (Å²) >= 11 is 0. The second-order valence-corrected chi connectivity index (χ2v) is 6.47. The van der Waals surface area contributed by atoms with Gasteiger partial charge in [-0.05, 0) is 37.4 Å². The predicted molar refractivity (Wildman–Crippen MR) is 101 cm³/mol. The minimum Gasteiger partial charge on any atom is -0.478 e. The van der Waals surface area contributed by atoms with Gasteiger partial charge >= 0.3 is 11.9 Å². The normalized spacial score (nSPS) is 13.5. The van der Waals surface area contributed by atoms with Gasteiger partial charge in [-0.25, -0.2) is 9.59 Å². The molecule has 2 amide bonds. The molecule has 1 aliphatic rings. The van der Waals surface area contributed by atoms with Crippen molar-refractivity contribution in [2.75, 3.05) is 26.2 Å².